The monoisotopic (exact) mass is 358 g/mol. The summed E-state index contributed by atoms with van der Waals surface area (Å²) in [6, 6.07) is 7.25. The molecule has 3 aromatic rings. The van der Waals surface area contributed by atoms with E-state index in [-0.39, 0.29) is 12.7 Å². The molecule has 0 fully saturated rings. The van der Waals surface area contributed by atoms with Gasteiger partial charge in [0.15, 0.2) is 16.6 Å². The molecule has 5 nitrogen and oxygen atoms in total. The van der Waals surface area contributed by atoms with E-state index in [4.69, 9.17) is 9.47 Å². The highest BCUT2D eigenvalue weighted by Crippen LogP contribution is 2.34. The van der Waals surface area contributed by atoms with Crippen molar-refractivity contribution in [3.8, 4) is 22.8 Å². The van der Waals surface area contributed by atoms with Crippen LogP contribution < -0.4 is 14.8 Å². The fourth-order valence-electron chi connectivity index (χ4n) is 2.55. The number of fused-ring (bicyclic) bond motifs is 1. The van der Waals surface area contributed by atoms with Gasteiger partial charge in [-0.2, -0.15) is 0 Å². The van der Waals surface area contributed by atoms with Gasteiger partial charge in [0.25, 0.3) is 5.91 Å². The van der Waals surface area contributed by atoms with Crippen molar-refractivity contribution in [2.24, 2.45) is 0 Å². The minimum absolute atomic E-state index is 0.190. The lowest BCUT2D eigenvalue weighted by molar-refractivity contribution is 0.102. The van der Waals surface area contributed by atoms with E-state index >= 15 is 0 Å². The zero-order chi connectivity index (χ0) is 16.7. The summed E-state index contributed by atoms with van der Waals surface area (Å²) in [5.74, 6) is 1.03. The summed E-state index contributed by atoms with van der Waals surface area (Å²) >= 11 is 3.16. The third-order valence-electron chi connectivity index (χ3n) is 3.68. The molecule has 2 aromatic heterocycles. The molecule has 3 heterocycles. The second kappa shape index (κ2) is 5.92. The van der Waals surface area contributed by atoms with Crippen LogP contribution in [0.25, 0.3) is 11.3 Å². The molecule has 7 heteroatoms. The minimum Gasteiger partial charge on any atom is -0.454 e. The average Bonchev–Trinajstić information content (AvgIpc) is 3.26. The Hall–Kier alpha value is -2.38. The molecule has 4 rings (SSSR count). The third-order valence-corrected chi connectivity index (χ3v) is 5.40. The van der Waals surface area contributed by atoms with Crippen molar-refractivity contribution in [3.63, 3.8) is 0 Å². The highest BCUT2D eigenvalue weighted by atomic mass is 32.1. The molecule has 1 N–H and O–H groups in total. The van der Waals surface area contributed by atoms with Gasteiger partial charge in [0.1, 0.15) is 0 Å². The van der Waals surface area contributed by atoms with Crippen LogP contribution in [0.4, 0.5) is 5.13 Å². The second-order valence-corrected chi connectivity index (χ2v) is 7.71. The molecule has 1 aromatic carbocycles. The molecular formula is C17H14N2O3S2. The average molecular weight is 358 g/mol. The number of ether oxygens (including phenoxy) is 2. The number of aryl methyl sites for hydroxylation is 2. The Morgan fingerprint density at radius 2 is 2.04 bits per heavy atom. The van der Waals surface area contributed by atoms with Gasteiger partial charge in [0.05, 0.1) is 5.69 Å². The first kappa shape index (κ1) is 15.2. The number of benzene rings is 1. The molecule has 1 aliphatic heterocycles. The van der Waals surface area contributed by atoms with E-state index in [0.717, 1.165) is 11.3 Å². The van der Waals surface area contributed by atoms with Crippen LogP contribution in [0.15, 0.2) is 29.6 Å². The van der Waals surface area contributed by atoms with Crippen molar-refractivity contribution in [2.45, 2.75) is 13.8 Å². The number of nitrogens with zero attached hydrogens (tertiary/aromatic N) is 1. The summed E-state index contributed by atoms with van der Waals surface area (Å²) in [4.78, 5) is 19.4. The lowest BCUT2D eigenvalue weighted by atomic mass is 10.2. The molecule has 0 radical (unpaired) electrons. The molecule has 0 saturated heterocycles. The van der Waals surface area contributed by atoms with E-state index < -0.39 is 0 Å². The van der Waals surface area contributed by atoms with Gasteiger partial charge in [-0.1, -0.05) is 0 Å². The Morgan fingerprint density at radius 1 is 1.21 bits per heavy atom. The molecule has 0 aliphatic carbocycles. The SMILES string of the molecule is Cc1cc(-c2csc(NC(=O)c3ccc4c(c3)OCO4)n2)c(C)s1. The van der Waals surface area contributed by atoms with Crippen LogP contribution in [0, 0.1) is 13.8 Å². The Morgan fingerprint density at radius 3 is 2.83 bits per heavy atom. The van der Waals surface area contributed by atoms with Crippen molar-refractivity contribution in [2.75, 3.05) is 12.1 Å². The molecular weight excluding hydrogens is 344 g/mol. The zero-order valence-corrected chi connectivity index (χ0v) is 14.7. The fourth-order valence-corrected chi connectivity index (χ4v) is 4.19. The molecule has 1 amide bonds. The summed E-state index contributed by atoms with van der Waals surface area (Å²) in [6.45, 7) is 4.35. The van der Waals surface area contributed by atoms with Crippen LogP contribution in [0.3, 0.4) is 0 Å². The third kappa shape index (κ3) is 2.76. The van der Waals surface area contributed by atoms with E-state index in [2.05, 4.69) is 30.2 Å². The number of rotatable bonds is 3. The minimum atomic E-state index is -0.215. The quantitative estimate of drug-likeness (QED) is 0.750. The maximum absolute atomic E-state index is 12.4. The Balaban J connectivity index is 1.53. The molecule has 0 saturated carbocycles. The van der Waals surface area contributed by atoms with Gasteiger partial charge in [-0.25, -0.2) is 4.98 Å². The fraction of sp³-hybridized carbons (Fsp3) is 0.176. The number of nitrogens with one attached hydrogen (secondary N) is 1. The summed E-state index contributed by atoms with van der Waals surface area (Å²) in [5, 5.41) is 5.38. The number of carbonyl (C=O) groups excluding carboxylic acids is 1. The van der Waals surface area contributed by atoms with Crippen LogP contribution in [-0.4, -0.2) is 17.7 Å². The largest absolute Gasteiger partial charge is 0.454 e. The standard InChI is InChI=1S/C17H14N2O3S2/c1-9-5-12(10(2)24-9)13-7-23-17(18-13)19-16(20)11-3-4-14-15(6-11)22-8-21-14/h3-7H,8H2,1-2H3,(H,18,19,20). The highest BCUT2D eigenvalue weighted by Gasteiger charge is 2.17. The Bertz CT molecular complexity index is 930. The molecule has 0 spiro atoms. The van der Waals surface area contributed by atoms with Gasteiger partial charge in [-0.05, 0) is 38.1 Å². The van der Waals surface area contributed by atoms with Crippen molar-refractivity contribution in [1.82, 2.24) is 4.98 Å². The number of hydrogen-bond donors (Lipinski definition) is 1. The first-order chi connectivity index (χ1) is 11.6. The van der Waals surface area contributed by atoms with Gasteiger partial charge in [-0.3, -0.25) is 10.1 Å². The smallest absolute Gasteiger partial charge is 0.257 e. The summed E-state index contributed by atoms with van der Waals surface area (Å²) in [7, 11) is 0. The number of hydrogen-bond acceptors (Lipinski definition) is 6. The van der Waals surface area contributed by atoms with Crippen molar-refractivity contribution >= 4 is 33.7 Å². The molecule has 0 unspecified atom stereocenters. The molecule has 24 heavy (non-hydrogen) atoms. The van der Waals surface area contributed by atoms with Crippen molar-refractivity contribution < 1.29 is 14.3 Å². The normalized spacial score (nSPS) is 12.4. The van der Waals surface area contributed by atoms with Crippen LogP contribution in [0.2, 0.25) is 0 Å². The summed E-state index contributed by atoms with van der Waals surface area (Å²) in [6.07, 6.45) is 0. The molecule has 122 valence electrons. The van der Waals surface area contributed by atoms with Gasteiger partial charge >= 0.3 is 0 Å². The van der Waals surface area contributed by atoms with Crippen LogP contribution in [0.5, 0.6) is 11.5 Å². The van der Waals surface area contributed by atoms with E-state index in [9.17, 15) is 4.79 Å². The number of thiophene rings is 1. The predicted molar refractivity (Wildman–Crippen MR) is 95.4 cm³/mol. The van der Waals surface area contributed by atoms with Gasteiger partial charge in [0, 0.05) is 26.3 Å². The van der Waals surface area contributed by atoms with Crippen LogP contribution in [-0.2, 0) is 0 Å². The summed E-state index contributed by atoms with van der Waals surface area (Å²) in [5.41, 5.74) is 2.53. The first-order valence-corrected chi connectivity index (χ1v) is 9.04. The van der Waals surface area contributed by atoms with Gasteiger partial charge in [-0.15, -0.1) is 22.7 Å². The molecule has 1 aliphatic rings. The second-order valence-electron chi connectivity index (χ2n) is 5.39. The van der Waals surface area contributed by atoms with Gasteiger partial charge < -0.3 is 9.47 Å². The molecule has 0 bridgehead atoms. The molecule has 0 atom stereocenters. The van der Waals surface area contributed by atoms with Crippen LogP contribution >= 0.6 is 22.7 Å². The highest BCUT2D eigenvalue weighted by molar-refractivity contribution is 7.14. The topological polar surface area (TPSA) is 60.5 Å². The maximum atomic E-state index is 12.4. The van der Waals surface area contributed by atoms with Crippen molar-refractivity contribution in [3.05, 3.63) is 45.0 Å². The van der Waals surface area contributed by atoms with E-state index in [1.807, 2.05) is 5.38 Å². The van der Waals surface area contributed by atoms with E-state index in [1.54, 1.807) is 29.5 Å². The van der Waals surface area contributed by atoms with E-state index in [1.165, 1.54) is 21.1 Å². The number of amides is 1. The zero-order valence-electron chi connectivity index (χ0n) is 13.1. The lowest BCUT2D eigenvalue weighted by Gasteiger charge is -2.03. The van der Waals surface area contributed by atoms with Crippen LogP contribution in [0.1, 0.15) is 20.1 Å². The number of aromatic nitrogens is 1. The van der Waals surface area contributed by atoms with Gasteiger partial charge in [0.2, 0.25) is 6.79 Å². The maximum Gasteiger partial charge on any atom is 0.257 e. The van der Waals surface area contributed by atoms with Crippen molar-refractivity contribution in [1.29, 1.82) is 0 Å². The number of thiazole rings is 1. The number of anilines is 1. The predicted octanol–water partition coefficient (Wildman–Crippen LogP) is 4.47. The number of carbonyl (C=O) groups is 1. The Kier molecular flexibility index (Phi) is 3.74. The lowest BCUT2D eigenvalue weighted by Crippen LogP contribution is -2.11. The van der Waals surface area contributed by atoms with E-state index in [0.29, 0.717) is 22.2 Å². The Labute approximate surface area is 146 Å². The summed E-state index contributed by atoms with van der Waals surface area (Å²) < 4.78 is 10.6. The first-order valence-electron chi connectivity index (χ1n) is 7.34.